The topological polar surface area (TPSA) is 74.0 Å². The highest BCUT2D eigenvalue weighted by Gasteiger charge is 2.14. The third kappa shape index (κ3) is 3.16. The standard InChI is InChI=1S/C16H11Cl2N3O2/c17-9-5-6-11(13(18)7-9)15(22)20-21-16(23)12-8-19-14-4-2-1-3-10(12)14/h1-8,19H,(H,20,22)(H,21,23). The van der Waals surface area contributed by atoms with Gasteiger partial charge in [-0.25, -0.2) is 0 Å². The molecular formula is C16H11Cl2N3O2. The largest absolute Gasteiger partial charge is 0.360 e. The van der Waals surface area contributed by atoms with E-state index in [9.17, 15) is 9.59 Å². The highest BCUT2D eigenvalue weighted by Crippen LogP contribution is 2.21. The molecule has 2 aromatic carbocycles. The first kappa shape index (κ1) is 15.4. The van der Waals surface area contributed by atoms with Crippen molar-refractivity contribution in [2.45, 2.75) is 0 Å². The van der Waals surface area contributed by atoms with E-state index in [0.29, 0.717) is 10.6 Å². The molecule has 0 saturated heterocycles. The van der Waals surface area contributed by atoms with Crippen LogP contribution in [0, 0.1) is 0 Å². The van der Waals surface area contributed by atoms with Crippen molar-refractivity contribution in [2.24, 2.45) is 0 Å². The predicted molar refractivity (Wildman–Crippen MR) is 89.7 cm³/mol. The van der Waals surface area contributed by atoms with Crippen LogP contribution in [0.1, 0.15) is 20.7 Å². The maximum Gasteiger partial charge on any atom is 0.271 e. The van der Waals surface area contributed by atoms with Gasteiger partial charge in [-0.15, -0.1) is 0 Å². The number of nitrogens with one attached hydrogen (secondary N) is 3. The number of carbonyl (C=O) groups excluding carboxylic acids is 2. The Kier molecular flexibility index (Phi) is 4.23. The number of rotatable bonds is 2. The van der Waals surface area contributed by atoms with Gasteiger partial charge in [0.1, 0.15) is 0 Å². The smallest absolute Gasteiger partial charge is 0.271 e. The van der Waals surface area contributed by atoms with Crippen LogP contribution < -0.4 is 10.9 Å². The van der Waals surface area contributed by atoms with E-state index in [1.165, 1.54) is 12.1 Å². The molecule has 2 amide bonds. The number of hydrogen-bond acceptors (Lipinski definition) is 2. The van der Waals surface area contributed by atoms with E-state index in [1.807, 2.05) is 24.3 Å². The SMILES string of the molecule is O=C(NNC(=O)c1c[nH]c2ccccc12)c1ccc(Cl)cc1Cl. The number of aromatic amines is 1. The number of aromatic nitrogens is 1. The summed E-state index contributed by atoms with van der Waals surface area (Å²) >= 11 is 11.7. The molecule has 0 fully saturated rings. The Hall–Kier alpha value is -2.50. The van der Waals surface area contributed by atoms with E-state index in [-0.39, 0.29) is 10.6 Å². The summed E-state index contributed by atoms with van der Waals surface area (Å²) in [6.07, 6.45) is 1.58. The molecule has 23 heavy (non-hydrogen) atoms. The quantitative estimate of drug-likeness (QED) is 0.620. The summed E-state index contributed by atoms with van der Waals surface area (Å²) in [5, 5.41) is 1.40. The lowest BCUT2D eigenvalue weighted by Crippen LogP contribution is -2.41. The number of para-hydroxylation sites is 1. The minimum atomic E-state index is -0.528. The van der Waals surface area contributed by atoms with Crippen LogP contribution in [0.2, 0.25) is 10.0 Å². The Morgan fingerprint density at radius 3 is 2.35 bits per heavy atom. The molecule has 0 bridgehead atoms. The van der Waals surface area contributed by atoms with Gasteiger partial charge >= 0.3 is 0 Å². The summed E-state index contributed by atoms with van der Waals surface area (Å²) in [5.74, 6) is -0.958. The molecular weight excluding hydrogens is 337 g/mol. The van der Waals surface area contributed by atoms with Gasteiger partial charge in [-0.05, 0) is 24.3 Å². The second-order valence-electron chi connectivity index (χ2n) is 4.78. The molecule has 0 saturated carbocycles. The summed E-state index contributed by atoms with van der Waals surface area (Å²) in [7, 11) is 0. The van der Waals surface area contributed by atoms with Gasteiger partial charge in [0, 0.05) is 22.1 Å². The number of hydrazine groups is 1. The molecule has 0 aliphatic carbocycles. The Bertz CT molecular complexity index is 905. The van der Waals surface area contributed by atoms with E-state index in [2.05, 4.69) is 15.8 Å². The van der Waals surface area contributed by atoms with Crippen LogP contribution in [0.4, 0.5) is 0 Å². The highest BCUT2D eigenvalue weighted by atomic mass is 35.5. The highest BCUT2D eigenvalue weighted by molar-refractivity contribution is 6.36. The van der Waals surface area contributed by atoms with Crippen LogP contribution in [-0.2, 0) is 0 Å². The molecule has 116 valence electrons. The molecule has 0 spiro atoms. The Balaban J connectivity index is 1.72. The first-order valence-electron chi connectivity index (χ1n) is 6.68. The fraction of sp³-hybridized carbons (Fsp3) is 0. The van der Waals surface area contributed by atoms with E-state index in [0.717, 1.165) is 10.9 Å². The van der Waals surface area contributed by atoms with Crippen molar-refractivity contribution >= 4 is 45.9 Å². The maximum atomic E-state index is 12.2. The van der Waals surface area contributed by atoms with Crippen LogP contribution in [0.15, 0.2) is 48.7 Å². The summed E-state index contributed by atoms with van der Waals surface area (Å²) < 4.78 is 0. The van der Waals surface area contributed by atoms with Gasteiger partial charge in [-0.3, -0.25) is 20.4 Å². The minimum Gasteiger partial charge on any atom is -0.360 e. The lowest BCUT2D eigenvalue weighted by molar-refractivity contribution is 0.0847. The molecule has 0 unspecified atom stereocenters. The van der Waals surface area contributed by atoms with Crippen molar-refractivity contribution in [3.8, 4) is 0 Å². The van der Waals surface area contributed by atoms with Crippen LogP contribution in [0.5, 0.6) is 0 Å². The van der Waals surface area contributed by atoms with Gasteiger partial charge in [-0.1, -0.05) is 41.4 Å². The lowest BCUT2D eigenvalue weighted by atomic mass is 10.2. The molecule has 0 aliphatic rings. The van der Waals surface area contributed by atoms with Gasteiger partial charge < -0.3 is 4.98 Å². The van der Waals surface area contributed by atoms with Crippen LogP contribution >= 0.6 is 23.2 Å². The molecule has 7 heteroatoms. The number of carbonyl (C=O) groups is 2. The molecule has 1 aromatic heterocycles. The molecule has 0 atom stereocenters. The Labute approximate surface area is 141 Å². The van der Waals surface area contributed by atoms with Gasteiger partial charge in [0.2, 0.25) is 0 Å². The van der Waals surface area contributed by atoms with Crippen LogP contribution in [-0.4, -0.2) is 16.8 Å². The lowest BCUT2D eigenvalue weighted by Gasteiger charge is -2.08. The molecule has 1 heterocycles. The third-order valence-corrected chi connectivity index (χ3v) is 3.85. The fourth-order valence-electron chi connectivity index (χ4n) is 2.18. The van der Waals surface area contributed by atoms with Crippen LogP contribution in [0.25, 0.3) is 10.9 Å². The fourth-order valence-corrected chi connectivity index (χ4v) is 2.68. The molecule has 0 radical (unpaired) electrons. The van der Waals surface area contributed by atoms with Gasteiger partial charge in [0.05, 0.1) is 16.1 Å². The van der Waals surface area contributed by atoms with Crippen molar-refractivity contribution in [2.75, 3.05) is 0 Å². The normalized spacial score (nSPS) is 10.5. The molecule has 5 nitrogen and oxygen atoms in total. The number of amides is 2. The molecule has 3 N–H and O–H groups in total. The van der Waals surface area contributed by atoms with Gasteiger partial charge in [0.15, 0.2) is 0 Å². The monoisotopic (exact) mass is 347 g/mol. The van der Waals surface area contributed by atoms with E-state index < -0.39 is 11.8 Å². The average molecular weight is 348 g/mol. The summed E-state index contributed by atoms with van der Waals surface area (Å²) in [6, 6.07) is 11.9. The maximum absolute atomic E-state index is 12.2. The van der Waals surface area contributed by atoms with Crippen molar-refractivity contribution in [1.29, 1.82) is 0 Å². The first-order valence-corrected chi connectivity index (χ1v) is 7.43. The second kappa shape index (κ2) is 6.32. The van der Waals surface area contributed by atoms with E-state index >= 15 is 0 Å². The van der Waals surface area contributed by atoms with Crippen molar-refractivity contribution in [1.82, 2.24) is 15.8 Å². The van der Waals surface area contributed by atoms with Crippen molar-refractivity contribution in [3.05, 3.63) is 69.8 Å². The number of H-pyrrole nitrogens is 1. The van der Waals surface area contributed by atoms with Crippen molar-refractivity contribution < 1.29 is 9.59 Å². The van der Waals surface area contributed by atoms with E-state index in [1.54, 1.807) is 12.3 Å². The zero-order valence-corrected chi connectivity index (χ0v) is 13.2. The zero-order valence-electron chi connectivity index (χ0n) is 11.7. The zero-order chi connectivity index (χ0) is 16.4. The minimum absolute atomic E-state index is 0.205. The first-order chi connectivity index (χ1) is 11.1. The molecule has 3 aromatic rings. The average Bonchev–Trinajstić information content (AvgIpc) is 2.96. The molecule has 3 rings (SSSR count). The number of benzene rings is 2. The van der Waals surface area contributed by atoms with Crippen LogP contribution in [0.3, 0.4) is 0 Å². The second-order valence-corrected chi connectivity index (χ2v) is 5.62. The van der Waals surface area contributed by atoms with Gasteiger partial charge in [0.25, 0.3) is 11.8 Å². The number of halogens is 2. The third-order valence-electron chi connectivity index (χ3n) is 3.30. The number of hydrogen-bond donors (Lipinski definition) is 3. The summed E-state index contributed by atoms with van der Waals surface area (Å²) in [4.78, 5) is 27.2. The predicted octanol–water partition coefficient (Wildman–Crippen LogP) is 3.55. The summed E-state index contributed by atoms with van der Waals surface area (Å²) in [5.41, 5.74) is 6.19. The van der Waals surface area contributed by atoms with E-state index in [4.69, 9.17) is 23.2 Å². The number of fused-ring (bicyclic) bond motifs is 1. The summed E-state index contributed by atoms with van der Waals surface area (Å²) in [6.45, 7) is 0. The van der Waals surface area contributed by atoms with Gasteiger partial charge in [-0.2, -0.15) is 0 Å². The Morgan fingerprint density at radius 2 is 1.61 bits per heavy atom. The van der Waals surface area contributed by atoms with Crippen molar-refractivity contribution in [3.63, 3.8) is 0 Å². The molecule has 0 aliphatic heterocycles. The Morgan fingerprint density at radius 1 is 0.913 bits per heavy atom.